The second kappa shape index (κ2) is 8.24. The lowest BCUT2D eigenvalue weighted by Crippen LogP contribution is -2.30. The SMILES string of the molecule is COc1ccccc1/C(O)=C1\C(=O)C(=O)N(c2cccc(Cl)c2C)C1c1ccncc1. The van der Waals surface area contributed by atoms with Crippen LogP contribution in [-0.2, 0) is 9.59 Å². The number of anilines is 1. The molecule has 1 N–H and O–H groups in total. The van der Waals surface area contributed by atoms with Gasteiger partial charge in [-0.25, -0.2) is 0 Å². The third-order valence-electron chi connectivity index (χ3n) is 5.33. The quantitative estimate of drug-likeness (QED) is 0.366. The van der Waals surface area contributed by atoms with Crippen LogP contribution in [0.1, 0.15) is 22.7 Å². The maximum atomic E-state index is 13.2. The molecule has 1 fully saturated rings. The summed E-state index contributed by atoms with van der Waals surface area (Å²) in [7, 11) is 1.47. The smallest absolute Gasteiger partial charge is 0.300 e. The second-order valence-corrected chi connectivity index (χ2v) is 7.44. The van der Waals surface area contributed by atoms with Gasteiger partial charge in [-0.15, -0.1) is 0 Å². The average molecular weight is 435 g/mol. The molecular weight excluding hydrogens is 416 g/mol. The molecule has 1 amide bonds. The van der Waals surface area contributed by atoms with E-state index in [1.165, 1.54) is 12.0 Å². The van der Waals surface area contributed by atoms with Gasteiger partial charge in [0.1, 0.15) is 11.5 Å². The summed E-state index contributed by atoms with van der Waals surface area (Å²) in [6.45, 7) is 1.78. The first-order valence-electron chi connectivity index (χ1n) is 9.55. The molecule has 31 heavy (non-hydrogen) atoms. The molecule has 6 nitrogen and oxygen atoms in total. The van der Waals surface area contributed by atoms with Crippen molar-refractivity contribution in [3.63, 3.8) is 0 Å². The Hall–Kier alpha value is -3.64. The molecule has 1 atom stereocenters. The number of pyridine rings is 1. The predicted octanol–water partition coefficient (Wildman–Crippen LogP) is 4.68. The fourth-order valence-corrected chi connectivity index (χ4v) is 3.95. The molecule has 4 rings (SSSR count). The van der Waals surface area contributed by atoms with E-state index in [4.69, 9.17) is 16.3 Å². The van der Waals surface area contributed by atoms with Crippen LogP contribution < -0.4 is 9.64 Å². The minimum Gasteiger partial charge on any atom is -0.507 e. The first-order chi connectivity index (χ1) is 15.0. The molecule has 2 aromatic carbocycles. The number of carbonyl (C=O) groups excluding carboxylic acids is 2. The van der Waals surface area contributed by atoms with Crippen molar-refractivity contribution in [1.82, 2.24) is 4.98 Å². The number of ketones is 1. The fourth-order valence-electron chi connectivity index (χ4n) is 3.78. The summed E-state index contributed by atoms with van der Waals surface area (Å²) >= 11 is 6.29. The van der Waals surface area contributed by atoms with Crippen molar-refractivity contribution in [3.8, 4) is 5.75 Å². The van der Waals surface area contributed by atoms with Gasteiger partial charge in [0.2, 0.25) is 0 Å². The third kappa shape index (κ3) is 3.45. The molecule has 156 valence electrons. The number of ether oxygens (including phenoxy) is 1. The molecule has 1 saturated heterocycles. The van der Waals surface area contributed by atoms with Crippen molar-refractivity contribution in [2.24, 2.45) is 0 Å². The number of halogens is 1. The molecule has 0 saturated carbocycles. The summed E-state index contributed by atoms with van der Waals surface area (Å²) in [6.07, 6.45) is 3.15. The number of methoxy groups -OCH3 is 1. The Labute approximate surface area is 184 Å². The van der Waals surface area contributed by atoms with Crippen LogP contribution in [0.4, 0.5) is 5.69 Å². The highest BCUT2D eigenvalue weighted by atomic mass is 35.5. The van der Waals surface area contributed by atoms with Crippen LogP contribution in [0.3, 0.4) is 0 Å². The molecular formula is C24H19ClN2O4. The number of carbonyl (C=O) groups is 2. The number of aliphatic hydroxyl groups excluding tert-OH is 1. The zero-order valence-electron chi connectivity index (χ0n) is 16.9. The Morgan fingerprint density at radius 1 is 1.06 bits per heavy atom. The van der Waals surface area contributed by atoms with E-state index in [1.54, 1.807) is 73.9 Å². The van der Waals surface area contributed by atoms with Gasteiger partial charge in [0.15, 0.2) is 0 Å². The van der Waals surface area contributed by atoms with Crippen molar-refractivity contribution >= 4 is 34.7 Å². The van der Waals surface area contributed by atoms with Gasteiger partial charge < -0.3 is 9.84 Å². The monoisotopic (exact) mass is 434 g/mol. The average Bonchev–Trinajstić information content (AvgIpc) is 3.06. The number of aromatic nitrogens is 1. The molecule has 7 heteroatoms. The molecule has 2 heterocycles. The van der Waals surface area contributed by atoms with Crippen molar-refractivity contribution in [3.05, 3.63) is 94.3 Å². The largest absolute Gasteiger partial charge is 0.507 e. The van der Waals surface area contributed by atoms with Crippen LogP contribution in [0.2, 0.25) is 5.02 Å². The van der Waals surface area contributed by atoms with E-state index in [2.05, 4.69) is 4.98 Å². The number of amides is 1. The first-order valence-corrected chi connectivity index (χ1v) is 9.93. The van der Waals surface area contributed by atoms with E-state index in [0.29, 0.717) is 33.1 Å². The minimum absolute atomic E-state index is 0.0277. The van der Waals surface area contributed by atoms with Gasteiger partial charge in [-0.3, -0.25) is 19.5 Å². The summed E-state index contributed by atoms with van der Waals surface area (Å²) in [5.74, 6) is -1.45. The molecule has 0 radical (unpaired) electrons. The van der Waals surface area contributed by atoms with E-state index in [-0.39, 0.29) is 11.3 Å². The lowest BCUT2D eigenvalue weighted by atomic mass is 9.95. The van der Waals surface area contributed by atoms with Gasteiger partial charge in [0.05, 0.1) is 24.3 Å². The van der Waals surface area contributed by atoms with E-state index < -0.39 is 17.7 Å². The summed E-state index contributed by atoms with van der Waals surface area (Å²) in [5, 5.41) is 11.7. The lowest BCUT2D eigenvalue weighted by Gasteiger charge is -2.27. The van der Waals surface area contributed by atoms with Crippen LogP contribution in [0, 0.1) is 6.92 Å². The van der Waals surface area contributed by atoms with Crippen molar-refractivity contribution < 1.29 is 19.4 Å². The Morgan fingerprint density at radius 2 is 1.77 bits per heavy atom. The highest BCUT2D eigenvalue weighted by molar-refractivity contribution is 6.52. The van der Waals surface area contributed by atoms with Crippen molar-refractivity contribution in [1.29, 1.82) is 0 Å². The van der Waals surface area contributed by atoms with Crippen molar-refractivity contribution in [2.75, 3.05) is 12.0 Å². The highest BCUT2D eigenvalue weighted by Crippen LogP contribution is 2.44. The summed E-state index contributed by atoms with van der Waals surface area (Å²) < 4.78 is 5.34. The number of hydrogen-bond donors (Lipinski definition) is 1. The summed E-state index contributed by atoms with van der Waals surface area (Å²) in [6, 6.07) is 14.5. The Bertz CT molecular complexity index is 1210. The van der Waals surface area contributed by atoms with Crippen molar-refractivity contribution in [2.45, 2.75) is 13.0 Å². The maximum Gasteiger partial charge on any atom is 0.300 e. The molecule has 1 unspecified atom stereocenters. The Morgan fingerprint density at radius 3 is 2.48 bits per heavy atom. The molecule has 0 bridgehead atoms. The van der Waals surface area contributed by atoms with E-state index >= 15 is 0 Å². The minimum atomic E-state index is -0.856. The predicted molar refractivity (Wildman–Crippen MR) is 118 cm³/mol. The normalized spacial score (nSPS) is 17.8. The van der Waals surface area contributed by atoms with Crippen LogP contribution in [0.15, 0.2) is 72.6 Å². The number of nitrogens with zero attached hydrogens (tertiary/aromatic N) is 2. The summed E-state index contributed by atoms with van der Waals surface area (Å²) in [5.41, 5.74) is 2.08. The van der Waals surface area contributed by atoms with Crippen LogP contribution >= 0.6 is 11.6 Å². The fraction of sp³-hybridized carbons (Fsp3) is 0.125. The number of benzene rings is 2. The van der Waals surface area contributed by atoms with Gasteiger partial charge >= 0.3 is 0 Å². The zero-order chi connectivity index (χ0) is 22.1. The van der Waals surface area contributed by atoms with E-state index in [9.17, 15) is 14.7 Å². The number of Topliss-reactive ketones (excluding diaryl/α,β-unsaturated/α-hetero) is 1. The van der Waals surface area contributed by atoms with E-state index in [1.807, 2.05) is 0 Å². The van der Waals surface area contributed by atoms with Crippen LogP contribution in [-0.4, -0.2) is 28.9 Å². The molecule has 0 spiro atoms. The number of rotatable bonds is 4. The number of hydrogen-bond acceptors (Lipinski definition) is 5. The highest BCUT2D eigenvalue weighted by Gasteiger charge is 2.47. The maximum absolute atomic E-state index is 13.2. The lowest BCUT2D eigenvalue weighted by molar-refractivity contribution is -0.132. The third-order valence-corrected chi connectivity index (χ3v) is 5.74. The van der Waals surface area contributed by atoms with Crippen LogP contribution in [0.25, 0.3) is 5.76 Å². The van der Waals surface area contributed by atoms with Gasteiger partial charge in [0.25, 0.3) is 11.7 Å². The van der Waals surface area contributed by atoms with Gasteiger partial charge in [-0.05, 0) is 54.4 Å². The molecule has 3 aromatic rings. The topological polar surface area (TPSA) is 79.7 Å². The first kappa shape index (κ1) is 20.6. The Balaban J connectivity index is 2.00. The van der Waals surface area contributed by atoms with Gasteiger partial charge in [0, 0.05) is 23.1 Å². The standard InChI is InChI=1S/C24H19ClN2O4/c1-14-17(25)7-5-8-18(14)27-21(15-10-12-26-13-11-15)20(23(29)24(27)30)22(28)16-6-3-4-9-19(16)31-2/h3-13,21,28H,1-2H3/b22-20+. The molecule has 1 aliphatic heterocycles. The van der Waals surface area contributed by atoms with Crippen LogP contribution in [0.5, 0.6) is 5.75 Å². The zero-order valence-corrected chi connectivity index (χ0v) is 17.6. The van der Waals surface area contributed by atoms with Gasteiger partial charge in [-0.1, -0.05) is 29.8 Å². The number of aliphatic hydroxyl groups is 1. The second-order valence-electron chi connectivity index (χ2n) is 7.03. The van der Waals surface area contributed by atoms with E-state index in [0.717, 1.165) is 0 Å². The Kier molecular flexibility index (Phi) is 5.48. The van der Waals surface area contributed by atoms with Gasteiger partial charge in [-0.2, -0.15) is 0 Å². The molecule has 1 aromatic heterocycles. The molecule has 0 aliphatic carbocycles. The summed E-state index contributed by atoms with van der Waals surface area (Å²) in [4.78, 5) is 31.8. The number of para-hydroxylation sites is 1. The molecule has 1 aliphatic rings.